The van der Waals surface area contributed by atoms with E-state index in [0.717, 1.165) is 18.1 Å². The van der Waals surface area contributed by atoms with E-state index in [1.807, 2.05) is 7.05 Å². The first-order valence-corrected chi connectivity index (χ1v) is 5.21. The van der Waals surface area contributed by atoms with Gasteiger partial charge in [0.1, 0.15) is 5.15 Å². The first-order valence-electron chi connectivity index (χ1n) is 4.83. The maximum atomic E-state index is 6.05. The highest BCUT2D eigenvalue weighted by Crippen LogP contribution is 2.34. The van der Waals surface area contributed by atoms with Crippen LogP contribution in [0.25, 0.3) is 0 Å². The third-order valence-corrected chi connectivity index (χ3v) is 3.17. The summed E-state index contributed by atoms with van der Waals surface area (Å²) in [5, 5.41) is 4.07. The highest BCUT2D eigenvalue weighted by molar-refractivity contribution is 6.30. The molecule has 0 aromatic carbocycles. The Morgan fingerprint density at radius 2 is 2.54 bits per heavy atom. The summed E-state index contributed by atoms with van der Waals surface area (Å²) in [6.45, 7) is 1.06. The van der Waals surface area contributed by atoms with Crippen molar-refractivity contribution >= 4 is 11.6 Å². The average molecular weight is 199 g/mol. The van der Waals surface area contributed by atoms with Gasteiger partial charge in [0, 0.05) is 12.7 Å². The number of halogens is 1. The van der Waals surface area contributed by atoms with E-state index in [2.05, 4.69) is 16.5 Å². The zero-order valence-corrected chi connectivity index (χ0v) is 8.62. The third-order valence-electron chi connectivity index (χ3n) is 2.84. The Labute approximate surface area is 83.7 Å². The Morgan fingerprint density at radius 1 is 1.69 bits per heavy atom. The molecule has 0 radical (unpaired) electrons. The molecule has 2 N–H and O–H groups in total. The zero-order chi connectivity index (χ0) is 9.26. The van der Waals surface area contributed by atoms with Crippen LogP contribution in [0.4, 0.5) is 0 Å². The van der Waals surface area contributed by atoms with Crippen LogP contribution >= 0.6 is 11.6 Å². The molecule has 1 aromatic rings. The van der Waals surface area contributed by atoms with Crippen LogP contribution in [0, 0.1) is 0 Å². The van der Waals surface area contributed by atoms with Gasteiger partial charge in [-0.2, -0.15) is 0 Å². The van der Waals surface area contributed by atoms with Crippen LogP contribution in [-0.2, 0) is 6.42 Å². The van der Waals surface area contributed by atoms with E-state index in [1.165, 1.54) is 24.0 Å². The van der Waals surface area contributed by atoms with E-state index < -0.39 is 0 Å². The van der Waals surface area contributed by atoms with Gasteiger partial charge in [0.2, 0.25) is 0 Å². The lowest BCUT2D eigenvalue weighted by atomic mass is 9.85. The second kappa shape index (κ2) is 3.72. The molecule has 1 aromatic heterocycles. The summed E-state index contributed by atoms with van der Waals surface area (Å²) in [6.07, 6.45) is 5.75. The molecule has 13 heavy (non-hydrogen) atoms. The summed E-state index contributed by atoms with van der Waals surface area (Å²) in [5.41, 5.74) is 2.76. The largest absolute Gasteiger partial charge is 0.352 e. The molecule has 72 valence electrons. The maximum absolute atomic E-state index is 6.05. The summed E-state index contributed by atoms with van der Waals surface area (Å²) < 4.78 is 0. The quantitative estimate of drug-likeness (QED) is 0.750. The van der Waals surface area contributed by atoms with Gasteiger partial charge in [-0.15, -0.1) is 0 Å². The highest BCUT2D eigenvalue weighted by Gasteiger charge is 2.22. The van der Waals surface area contributed by atoms with Crippen LogP contribution in [0.1, 0.15) is 29.9 Å². The lowest BCUT2D eigenvalue weighted by Gasteiger charge is -2.22. The molecule has 2 nitrogen and oxygen atoms in total. The predicted octanol–water partition coefficient (Wildman–Crippen LogP) is 2.31. The Hall–Kier alpha value is -0.470. The molecule has 1 unspecified atom stereocenters. The average Bonchev–Trinajstić information content (AvgIpc) is 2.50. The number of fused-ring (bicyclic) bond motifs is 1. The van der Waals surface area contributed by atoms with Crippen LogP contribution in [0.3, 0.4) is 0 Å². The van der Waals surface area contributed by atoms with Gasteiger partial charge in [-0.25, -0.2) is 0 Å². The van der Waals surface area contributed by atoms with Gasteiger partial charge in [0.25, 0.3) is 0 Å². The summed E-state index contributed by atoms with van der Waals surface area (Å²) in [7, 11) is 2.00. The number of H-pyrrole nitrogens is 1. The molecule has 1 aliphatic carbocycles. The molecular formula is C10H15ClN2. The number of nitrogens with one attached hydrogen (secondary N) is 2. The van der Waals surface area contributed by atoms with Crippen molar-refractivity contribution in [2.45, 2.75) is 25.2 Å². The lowest BCUT2D eigenvalue weighted by molar-refractivity contribution is 0.531. The van der Waals surface area contributed by atoms with Gasteiger partial charge < -0.3 is 10.3 Å². The molecule has 0 aliphatic heterocycles. The molecule has 2 rings (SSSR count). The summed E-state index contributed by atoms with van der Waals surface area (Å²) >= 11 is 6.05. The minimum atomic E-state index is 0.650. The minimum absolute atomic E-state index is 0.650. The van der Waals surface area contributed by atoms with Gasteiger partial charge in [0.15, 0.2) is 0 Å². The molecule has 0 spiro atoms. The van der Waals surface area contributed by atoms with E-state index in [9.17, 15) is 0 Å². The topological polar surface area (TPSA) is 27.8 Å². The van der Waals surface area contributed by atoms with Crippen LogP contribution in [0.5, 0.6) is 0 Å². The van der Waals surface area contributed by atoms with Crippen molar-refractivity contribution in [2.75, 3.05) is 13.6 Å². The van der Waals surface area contributed by atoms with E-state index >= 15 is 0 Å². The molecule has 3 heteroatoms. The van der Waals surface area contributed by atoms with Crippen molar-refractivity contribution < 1.29 is 0 Å². The van der Waals surface area contributed by atoms with Crippen LogP contribution in [0.15, 0.2) is 6.20 Å². The number of rotatable bonds is 2. The van der Waals surface area contributed by atoms with Crippen molar-refractivity contribution in [1.29, 1.82) is 0 Å². The normalized spacial score (nSPS) is 21.5. The maximum Gasteiger partial charge on any atom is 0.109 e. The number of hydrogen-bond acceptors (Lipinski definition) is 1. The summed E-state index contributed by atoms with van der Waals surface area (Å²) in [6, 6.07) is 0. The van der Waals surface area contributed by atoms with Gasteiger partial charge in [-0.3, -0.25) is 0 Å². The zero-order valence-electron chi connectivity index (χ0n) is 7.86. The molecule has 0 saturated carbocycles. The number of aromatic amines is 1. The molecule has 1 aliphatic rings. The van der Waals surface area contributed by atoms with Crippen molar-refractivity contribution in [2.24, 2.45) is 0 Å². The standard InChI is InChI=1S/C10H15ClN2/c1-12-5-7-3-2-4-8-9(7)6-13-10(8)11/h6-7,12-13H,2-5H2,1H3. The first-order chi connectivity index (χ1) is 6.33. The van der Waals surface area contributed by atoms with Gasteiger partial charge in [-0.05, 0) is 43.4 Å². The SMILES string of the molecule is CNCC1CCCc2c1c[nH]c2Cl. The van der Waals surface area contributed by atoms with Crippen LogP contribution in [-0.4, -0.2) is 18.6 Å². The number of likely N-dealkylation sites (N-methyl/N-ethyl adjacent to an activating group) is 1. The van der Waals surface area contributed by atoms with Crippen molar-refractivity contribution in [1.82, 2.24) is 10.3 Å². The smallest absolute Gasteiger partial charge is 0.109 e. The number of hydrogen-bond donors (Lipinski definition) is 2. The molecular weight excluding hydrogens is 184 g/mol. The van der Waals surface area contributed by atoms with E-state index in [-0.39, 0.29) is 0 Å². The van der Waals surface area contributed by atoms with Crippen molar-refractivity contribution in [3.63, 3.8) is 0 Å². The van der Waals surface area contributed by atoms with E-state index in [4.69, 9.17) is 11.6 Å². The fraction of sp³-hybridized carbons (Fsp3) is 0.600. The second-order valence-electron chi connectivity index (χ2n) is 3.68. The van der Waals surface area contributed by atoms with Gasteiger partial charge in [-0.1, -0.05) is 11.6 Å². The van der Waals surface area contributed by atoms with Crippen LogP contribution < -0.4 is 5.32 Å². The monoisotopic (exact) mass is 198 g/mol. The third kappa shape index (κ3) is 1.61. The molecule has 1 atom stereocenters. The predicted molar refractivity (Wildman–Crippen MR) is 55.4 cm³/mol. The fourth-order valence-corrected chi connectivity index (χ4v) is 2.46. The first kappa shape index (κ1) is 9.10. The fourth-order valence-electron chi connectivity index (χ4n) is 2.20. The Bertz CT molecular complexity index is 293. The Morgan fingerprint density at radius 3 is 3.31 bits per heavy atom. The van der Waals surface area contributed by atoms with Gasteiger partial charge in [0.05, 0.1) is 0 Å². The Balaban J connectivity index is 2.27. The molecule has 0 fully saturated rings. The minimum Gasteiger partial charge on any atom is -0.352 e. The molecule has 0 bridgehead atoms. The van der Waals surface area contributed by atoms with Crippen LogP contribution in [0.2, 0.25) is 5.15 Å². The summed E-state index contributed by atoms with van der Waals surface area (Å²) in [5.74, 6) is 0.650. The van der Waals surface area contributed by atoms with E-state index in [1.54, 1.807) is 0 Å². The lowest BCUT2D eigenvalue weighted by Crippen LogP contribution is -2.20. The summed E-state index contributed by atoms with van der Waals surface area (Å²) in [4.78, 5) is 3.11. The molecule has 0 amide bonds. The number of aromatic nitrogens is 1. The van der Waals surface area contributed by atoms with Gasteiger partial charge >= 0.3 is 0 Å². The molecule has 0 saturated heterocycles. The van der Waals surface area contributed by atoms with Crippen molar-refractivity contribution in [3.05, 3.63) is 22.5 Å². The van der Waals surface area contributed by atoms with Crippen molar-refractivity contribution in [3.8, 4) is 0 Å². The Kier molecular flexibility index (Phi) is 2.61. The highest BCUT2D eigenvalue weighted by atomic mass is 35.5. The molecule has 1 heterocycles. The van der Waals surface area contributed by atoms with E-state index in [0.29, 0.717) is 5.92 Å². The second-order valence-corrected chi connectivity index (χ2v) is 4.06.